The minimum Gasteiger partial charge on any atom is -0.325 e. The monoisotopic (exact) mass is 250 g/mol. The molecule has 1 aromatic heterocycles. The van der Waals surface area contributed by atoms with Gasteiger partial charge in [-0.2, -0.15) is 5.10 Å². The van der Waals surface area contributed by atoms with Crippen LogP contribution >= 0.6 is 0 Å². The number of aromatic amines is 1. The molecule has 0 spiro atoms. The molecule has 1 fully saturated rings. The normalized spacial score (nSPS) is 20.8. The summed E-state index contributed by atoms with van der Waals surface area (Å²) >= 11 is 0. The number of carbonyl (C=O) groups is 1. The largest absolute Gasteiger partial charge is 0.325 e. The Bertz CT molecular complexity index is 374. The Balaban J connectivity index is 1.87. The Labute approximate surface area is 108 Å². The van der Waals surface area contributed by atoms with Crippen molar-refractivity contribution >= 4 is 11.7 Å². The number of carbonyl (C=O) groups excluding carboxylic acids is 1. The molecule has 5 heteroatoms. The van der Waals surface area contributed by atoms with Crippen LogP contribution in [0.2, 0.25) is 0 Å². The zero-order chi connectivity index (χ0) is 13.0. The predicted octanol–water partition coefficient (Wildman–Crippen LogP) is 2.70. The van der Waals surface area contributed by atoms with E-state index in [0.29, 0.717) is 5.92 Å². The maximum atomic E-state index is 12.1. The summed E-state index contributed by atoms with van der Waals surface area (Å²) in [7, 11) is 0. The van der Waals surface area contributed by atoms with Crippen molar-refractivity contribution in [3.63, 3.8) is 0 Å². The molecular weight excluding hydrogens is 228 g/mol. The molecule has 0 bridgehead atoms. The van der Waals surface area contributed by atoms with Gasteiger partial charge in [0.05, 0.1) is 11.9 Å². The molecule has 1 aromatic rings. The Hall–Kier alpha value is -1.52. The van der Waals surface area contributed by atoms with Crippen LogP contribution in [0.5, 0.6) is 0 Å². The first kappa shape index (κ1) is 12.9. The van der Waals surface area contributed by atoms with Crippen molar-refractivity contribution < 1.29 is 4.79 Å². The second-order valence-corrected chi connectivity index (χ2v) is 5.34. The van der Waals surface area contributed by atoms with Crippen LogP contribution in [0.1, 0.15) is 33.1 Å². The minimum absolute atomic E-state index is 0.0131. The molecule has 1 aliphatic heterocycles. The second-order valence-electron chi connectivity index (χ2n) is 5.34. The number of aromatic nitrogens is 2. The Morgan fingerprint density at radius 3 is 3.00 bits per heavy atom. The van der Waals surface area contributed by atoms with Crippen molar-refractivity contribution in [1.29, 1.82) is 0 Å². The van der Waals surface area contributed by atoms with Gasteiger partial charge >= 0.3 is 6.03 Å². The van der Waals surface area contributed by atoms with E-state index < -0.39 is 0 Å². The van der Waals surface area contributed by atoms with E-state index in [9.17, 15) is 4.79 Å². The molecule has 1 saturated heterocycles. The summed E-state index contributed by atoms with van der Waals surface area (Å²) < 4.78 is 0. The number of likely N-dealkylation sites (tertiary alicyclic amines) is 1. The van der Waals surface area contributed by atoms with Crippen molar-refractivity contribution in [2.45, 2.75) is 33.1 Å². The lowest BCUT2D eigenvalue weighted by Crippen LogP contribution is -2.35. The number of rotatable bonds is 2. The van der Waals surface area contributed by atoms with E-state index in [1.807, 2.05) is 4.90 Å². The molecular formula is C13H22N4O. The molecule has 0 saturated carbocycles. The van der Waals surface area contributed by atoms with Crippen molar-refractivity contribution in [2.75, 3.05) is 18.4 Å². The molecule has 18 heavy (non-hydrogen) atoms. The van der Waals surface area contributed by atoms with Crippen LogP contribution in [0.3, 0.4) is 0 Å². The van der Waals surface area contributed by atoms with Gasteiger partial charge in [0.2, 0.25) is 0 Å². The Morgan fingerprint density at radius 2 is 2.33 bits per heavy atom. The van der Waals surface area contributed by atoms with Crippen LogP contribution in [0.25, 0.3) is 0 Å². The van der Waals surface area contributed by atoms with Crippen LogP contribution < -0.4 is 5.32 Å². The highest BCUT2D eigenvalue weighted by molar-refractivity contribution is 5.88. The van der Waals surface area contributed by atoms with Gasteiger partial charge in [-0.15, -0.1) is 0 Å². The Kier molecular flexibility index (Phi) is 4.23. The number of urea groups is 1. The van der Waals surface area contributed by atoms with Crippen molar-refractivity contribution in [1.82, 2.24) is 15.1 Å². The molecule has 0 aromatic carbocycles. The fourth-order valence-corrected chi connectivity index (χ4v) is 2.51. The third-order valence-corrected chi connectivity index (χ3v) is 3.75. The average molecular weight is 250 g/mol. The minimum atomic E-state index is -0.0131. The molecule has 2 rings (SSSR count). The third-order valence-electron chi connectivity index (χ3n) is 3.75. The lowest BCUT2D eigenvalue weighted by Gasteiger charge is -2.21. The first-order valence-electron chi connectivity index (χ1n) is 6.71. The van der Waals surface area contributed by atoms with E-state index in [-0.39, 0.29) is 6.03 Å². The Morgan fingerprint density at radius 1 is 1.50 bits per heavy atom. The van der Waals surface area contributed by atoms with Gasteiger partial charge in [-0.1, -0.05) is 13.8 Å². The quantitative estimate of drug-likeness (QED) is 0.847. The standard InChI is InChI=1S/C13H22N4O/c1-10(2)11-4-3-6-17(7-5-11)13(18)16-12-8-14-15-9-12/h8-11H,3-7H2,1-2H3,(H,14,15)(H,16,18). The van der Waals surface area contributed by atoms with E-state index in [4.69, 9.17) is 0 Å². The molecule has 2 amide bonds. The molecule has 1 atom stereocenters. The van der Waals surface area contributed by atoms with Gasteiger partial charge in [0, 0.05) is 19.3 Å². The van der Waals surface area contributed by atoms with Crippen LogP contribution in [0.4, 0.5) is 10.5 Å². The van der Waals surface area contributed by atoms with Crippen LogP contribution in [-0.4, -0.2) is 34.2 Å². The maximum Gasteiger partial charge on any atom is 0.321 e. The number of hydrogen-bond acceptors (Lipinski definition) is 2. The molecule has 1 aliphatic rings. The topological polar surface area (TPSA) is 61.0 Å². The van der Waals surface area contributed by atoms with Gasteiger partial charge in [-0.3, -0.25) is 5.10 Å². The molecule has 2 N–H and O–H groups in total. The van der Waals surface area contributed by atoms with Crippen LogP contribution in [0, 0.1) is 11.8 Å². The van der Waals surface area contributed by atoms with Gasteiger partial charge in [0.1, 0.15) is 0 Å². The average Bonchev–Trinajstić information content (AvgIpc) is 2.70. The summed E-state index contributed by atoms with van der Waals surface area (Å²) in [6.07, 6.45) is 6.74. The molecule has 100 valence electrons. The lowest BCUT2D eigenvalue weighted by molar-refractivity contribution is 0.212. The maximum absolute atomic E-state index is 12.1. The van der Waals surface area contributed by atoms with Gasteiger partial charge in [0.15, 0.2) is 0 Å². The molecule has 0 radical (unpaired) electrons. The first-order valence-corrected chi connectivity index (χ1v) is 6.71. The zero-order valence-corrected chi connectivity index (χ0v) is 11.1. The van der Waals surface area contributed by atoms with E-state index in [0.717, 1.165) is 37.5 Å². The number of amides is 2. The van der Waals surface area contributed by atoms with Crippen molar-refractivity contribution in [3.8, 4) is 0 Å². The highest BCUT2D eigenvalue weighted by atomic mass is 16.2. The fourth-order valence-electron chi connectivity index (χ4n) is 2.51. The van der Waals surface area contributed by atoms with Gasteiger partial charge < -0.3 is 10.2 Å². The summed E-state index contributed by atoms with van der Waals surface area (Å²) in [4.78, 5) is 14.0. The molecule has 0 aliphatic carbocycles. The van der Waals surface area contributed by atoms with Crippen molar-refractivity contribution in [3.05, 3.63) is 12.4 Å². The predicted molar refractivity (Wildman–Crippen MR) is 71.4 cm³/mol. The number of H-pyrrole nitrogens is 1. The van der Waals surface area contributed by atoms with Crippen LogP contribution in [0.15, 0.2) is 12.4 Å². The molecule has 1 unspecified atom stereocenters. The second kappa shape index (κ2) is 5.89. The van der Waals surface area contributed by atoms with Crippen LogP contribution in [-0.2, 0) is 0 Å². The summed E-state index contributed by atoms with van der Waals surface area (Å²) in [5.41, 5.74) is 0.727. The van der Waals surface area contributed by atoms with Gasteiger partial charge in [0.25, 0.3) is 0 Å². The number of nitrogens with zero attached hydrogens (tertiary/aromatic N) is 2. The SMILES string of the molecule is CC(C)C1CCCN(C(=O)Nc2cn[nH]c2)CC1. The van der Waals surface area contributed by atoms with Gasteiger partial charge in [-0.05, 0) is 31.1 Å². The molecule has 2 heterocycles. The van der Waals surface area contributed by atoms with Crippen molar-refractivity contribution in [2.24, 2.45) is 11.8 Å². The third kappa shape index (κ3) is 3.24. The van der Waals surface area contributed by atoms with E-state index >= 15 is 0 Å². The van der Waals surface area contributed by atoms with Gasteiger partial charge in [-0.25, -0.2) is 4.79 Å². The summed E-state index contributed by atoms with van der Waals surface area (Å²) in [6, 6.07) is -0.0131. The summed E-state index contributed by atoms with van der Waals surface area (Å²) in [6.45, 7) is 6.25. The highest BCUT2D eigenvalue weighted by Crippen LogP contribution is 2.24. The van der Waals surface area contributed by atoms with E-state index in [1.54, 1.807) is 12.4 Å². The summed E-state index contributed by atoms with van der Waals surface area (Å²) in [5, 5.41) is 9.36. The number of anilines is 1. The highest BCUT2D eigenvalue weighted by Gasteiger charge is 2.22. The summed E-state index contributed by atoms with van der Waals surface area (Å²) in [5.74, 6) is 1.46. The lowest BCUT2D eigenvalue weighted by atomic mass is 9.89. The first-order chi connectivity index (χ1) is 8.66. The fraction of sp³-hybridized carbons (Fsp3) is 0.692. The smallest absolute Gasteiger partial charge is 0.321 e. The van der Waals surface area contributed by atoms with E-state index in [1.165, 1.54) is 6.42 Å². The number of hydrogen-bond donors (Lipinski definition) is 2. The zero-order valence-electron chi connectivity index (χ0n) is 11.1. The number of nitrogens with one attached hydrogen (secondary N) is 2. The molecule has 5 nitrogen and oxygen atoms in total. The van der Waals surface area contributed by atoms with E-state index in [2.05, 4.69) is 29.4 Å².